The predicted octanol–water partition coefficient (Wildman–Crippen LogP) is 1.27. The number of amides is 1. The maximum atomic E-state index is 12.2. The summed E-state index contributed by atoms with van der Waals surface area (Å²) in [5.41, 5.74) is 1.14. The van der Waals surface area contributed by atoms with Crippen LogP contribution in [0.25, 0.3) is 0 Å². The van der Waals surface area contributed by atoms with E-state index in [4.69, 9.17) is 0 Å². The average molecular weight is 366 g/mol. The Morgan fingerprint density at radius 2 is 2.09 bits per heavy atom. The molecule has 6 nitrogen and oxygen atoms in total. The monoisotopic (exact) mass is 365 g/mol. The highest BCUT2D eigenvalue weighted by Crippen LogP contribution is 2.23. The first kappa shape index (κ1) is 19.2. The van der Waals surface area contributed by atoms with E-state index in [2.05, 4.69) is 10.6 Å². The minimum Gasteiger partial charge on any atom is -0.325 e. The van der Waals surface area contributed by atoms with Crippen LogP contribution in [-0.4, -0.2) is 50.4 Å². The summed E-state index contributed by atoms with van der Waals surface area (Å²) in [6.45, 7) is 1.73. The third kappa shape index (κ3) is 4.14. The van der Waals surface area contributed by atoms with Gasteiger partial charge in [-0.25, -0.2) is 12.7 Å². The molecule has 124 valence electrons. The molecular weight excluding hydrogens is 346 g/mol. The minimum absolute atomic E-state index is 0. The number of thioether (sulfide) groups is 1. The number of hydrogen-bond donors (Lipinski definition) is 2. The van der Waals surface area contributed by atoms with Crippen molar-refractivity contribution in [3.05, 3.63) is 23.8 Å². The molecule has 1 amide bonds. The van der Waals surface area contributed by atoms with E-state index in [0.29, 0.717) is 11.3 Å². The van der Waals surface area contributed by atoms with Gasteiger partial charge in [0.2, 0.25) is 15.9 Å². The molecule has 1 aliphatic rings. The van der Waals surface area contributed by atoms with Crippen LogP contribution in [0.4, 0.5) is 5.69 Å². The Balaban J connectivity index is 0.00000242. The molecule has 1 unspecified atom stereocenters. The Morgan fingerprint density at radius 3 is 2.64 bits per heavy atom. The standard InChI is InChI=1S/C13H19N3O3S2.ClH/c1-9-4-5-10(6-12(9)21(18,19)16(2)3)15-13(17)11-7-20-8-14-11;/h4-6,11,14H,7-8H2,1-3H3,(H,15,17);1H. The quantitative estimate of drug-likeness (QED) is 0.840. The topological polar surface area (TPSA) is 78.5 Å². The van der Waals surface area contributed by atoms with Crippen LogP contribution in [0.15, 0.2) is 23.1 Å². The molecule has 1 fully saturated rings. The highest BCUT2D eigenvalue weighted by atomic mass is 35.5. The lowest BCUT2D eigenvalue weighted by Gasteiger charge is -2.16. The largest absolute Gasteiger partial charge is 0.325 e. The van der Waals surface area contributed by atoms with Gasteiger partial charge in [-0.05, 0) is 24.6 Å². The van der Waals surface area contributed by atoms with Gasteiger partial charge in [0.25, 0.3) is 0 Å². The Labute approximate surface area is 141 Å². The first-order valence-corrected chi connectivity index (χ1v) is 9.07. The zero-order chi connectivity index (χ0) is 15.6. The molecule has 0 aromatic heterocycles. The second kappa shape index (κ2) is 7.65. The van der Waals surface area contributed by atoms with Crippen molar-refractivity contribution in [1.82, 2.24) is 9.62 Å². The Morgan fingerprint density at radius 1 is 1.41 bits per heavy atom. The van der Waals surface area contributed by atoms with Crippen LogP contribution < -0.4 is 10.6 Å². The Hall–Kier alpha value is -0.800. The van der Waals surface area contributed by atoms with Crippen LogP contribution in [0.1, 0.15) is 5.56 Å². The van der Waals surface area contributed by atoms with Gasteiger partial charge in [0.15, 0.2) is 0 Å². The number of anilines is 1. The number of carbonyl (C=O) groups excluding carboxylic acids is 1. The van der Waals surface area contributed by atoms with Crippen LogP contribution in [0.3, 0.4) is 0 Å². The van der Waals surface area contributed by atoms with Crippen molar-refractivity contribution in [3.63, 3.8) is 0 Å². The molecule has 1 aromatic carbocycles. The first-order valence-electron chi connectivity index (χ1n) is 6.47. The average Bonchev–Trinajstić information content (AvgIpc) is 2.94. The Bertz CT molecular complexity index is 644. The summed E-state index contributed by atoms with van der Waals surface area (Å²) in [6.07, 6.45) is 0. The molecule has 1 aromatic rings. The van der Waals surface area contributed by atoms with Crippen LogP contribution in [0.2, 0.25) is 0 Å². The molecule has 2 N–H and O–H groups in total. The fourth-order valence-corrected chi connectivity index (χ4v) is 4.03. The van der Waals surface area contributed by atoms with E-state index in [1.54, 1.807) is 30.8 Å². The van der Waals surface area contributed by atoms with E-state index in [1.165, 1.54) is 20.2 Å². The molecular formula is C13H20ClN3O3S2. The molecule has 2 rings (SSSR count). The number of nitrogens with one attached hydrogen (secondary N) is 2. The molecule has 9 heteroatoms. The number of sulfonamides is 1. The number of nitrogens with zero attached hydrogens (tertiary/aromatic N) is 1. The van der Waals surface area contributed by atoms with Crippen molar-refractivity contribution >= 4 is 45.8 Å². The van der Waals surface area contributed by atoms with Crippen molar-refractivity contribution in [2.24, 2.45) is 0 Å². The molecule has 0 radical (unpaired) electrons. The van der Waals surface area contributed by atoms with Crippen LogP contribution >= 0.6 is 24.2 Å². The summed E-state index contributed by atoms with van der Waals surface area (Å²) in [5, 5.41) is 5.84. The lowest BCUT2D eigenvalue weighted by molar-refractivity contribution is -0.117. The fourth-order valence-electron chi connectivity index (χ4n) is 1.95. The molecule has 0 spiro atoms. The third-order valence-electron chi connectivity index (χ3n) is 3.25. The first-order chi connectivity index (χ1) is 9.82. The lowest BCUT2D eigenvalue weighted by atomic mass is 10.2. The van der Waals surface area contributed by atoms with E-state index < -0.39 is 10.0 Å². The van der Waals surface area contributed by atoms with Gasteiger partial charge in [-0.1, -0.05) is 6.07 Å². The smallest absolute Gasteiger partial charge is 0.242 e. The highest BCUT2D eigenvalue weighted by molar-refractivity contribution is 7.99. The Kier molecular flexibility index (Phi) is 6.69. The molecule has 0 aliphatic carbocycles. The third-order valence-corrected chi connectivity index (χ3v) is 6.14. The highest BCUT2D eigenvalue weighted by Gasteiger charge is 2.24. The predicted molar refractivity (Wildman–Crippen MR) is 92.2 cm³/mol. The number of halogens is 1. The lowest BCUT2D eigenvalue weighted by Crippen LogP contribution is -2.37. The molecule has 22 heavy (non-hydrogen) atoms. The van der Waals surface area contributed by atoms with Gasteiger partial charge in [-0.15, -0.1) is 24.2 Å². The van der Waals surface area contributed by atoms with Crippen molar-refractivity contribution < 1.29 is 13.2 Å². The minimum atomic E-state index is -3.52. The van der Waals surface area contributed by atoms with Crippen molar-refractivity contribution in [2.45, 2.75) is 17.9 Å². The maximum absolute atomic E-state index is 12.2. The van der Waals surface area contributed by atoms with Gasteiger partial charge in [0.1, 0.15) is 0 Å². The van der Waals surface area contributed by atoms with Crippen LogP contribution in [0, 0.1) is 6.92 Å². The van der Waals surface area contributed by atoms with Gasteiger partial charge in [0.05, 0.1) is 10.9 Å². The molecule has 1 saturated heterocycles. The van der Waals surface area contributed by atoms with Gasteiger partial charge in [0, 0.05) is 31.4 Å². The summed E-state index contributed by atoms with van der Waals surface area (Å²) in [6, 6.07) is 4.68. The normalized spacial score (nSPS) is 18.1. The van der Waals surface area contributed by atoms with Gasteiger partial charge in [-0.3, -0.25) is 10.1 Å². The molecule has 1 atom stereocenters. The van der Waals surface area contributed by atoms with Crippen LogP contribution in [0.5, 0.6) is 0 Å². The fraction of sp³-hybridized carbons (Fsp3) is 0.462. The van der Waals surface area contributed by atoms with Crippen molar-refractivity contribution in [2.75, 3.05) is 31.0 Å². The molecule has 1 aliphatic heterocycles. The van der Waals surface area contributed by atoms with E-state index in [-0.39, 0.29) is 29.3 Å². The van der Waals surface area contributed by atoms with E-state index in [1.807, 2.05) is 0 Å². The number of rotatable bonds is 4. The van der Waals surface area contributed by atoms with Gasteiger partial charge < -0.3 is 5.32 Å². The SMILES string of the molecule is Cc1ccc(NC(=O)C2CSCN2)cc1S(=O)(=O)N(C)C.Cl. The summed E-state index contributed by atoms with van der Waals surface area (Å²) >= 11 is 1.66. The summed E-state index contributed by atoms with van der Waals surface area (Å²) < 4.78 is 25.7. The van der Waals surface area contributed by atoms with E-state index >= 15 is 0 Å². The number of hydrogen-bond acceptors (Lipinski definition) is 5. The van der Waals surface area contributed by atoms with E-state index in [9.17, 15) is 13.2 Å². The second-order valence-electron chi connectivity index (χ2n) is 5.03. The molecule has 0 saturated carbocycles. The summed E-state index contributed by atoms with van der Waals surface area (Å²) in [5.74, 6) is 1.34. The van der Waals surface area contributed by atoms with Crippen molar-refractivity contribution in [1.29, 1.82) is 0 Å². The molecule has 1 heterocycles. The van der Waals surface area contributed by atoms with E-state index in [0.717, 1.165) is 15.9 Å². The zero-order valence-electron chi connectivity index (χ0n) is 12.6. The number of aryl methyl sites for hydroxylation is 1. The van der Waals surface area contributed by atoms with Gasteiger partial charge >= 0.3 is 0 Å². The summed E-state index contributed by atoms with van der Waals surface area (Å²) in [7, 11) is -0.551. The zero-order valence-corrected chi connectivity index (χ0v) is 15.1. The second-order valence-corrected chi connectivity index (χ2v) is 8.18. The number of benzene rings is 1. The molecule has 0 bridgehead atoms. The maximum Gasteiger partial charge on any atom is 0.242 e. The number of carbonyl (C=O) groups is 1. The van der Waals surface area contributed by atoms with Gasteiger partial charge in [-0.2, -0.15) is 0 Å². The van der Waals surface area contributed by atoms with Crippen molar-refractivity contribution in [3.8, 4) is 0 Å². The van der Waals surface area contributed by atoms with Crippen LogP contribution in [-0.2, 0) is 14.8 Å². The summed E-state index contributed by atoms with van der Waals surface area (Å²) in [4.78, 5) is 12.3.